The predicted octanol–water partition coefficient (Wildman–Crippen LogP) is 0.201. The van der Waals surface area contributed by atoms with Crippen molar-refractivity contribution in [1.82, 2.24) is 0 Å². The molecule has 1 aliphatic heterocycles. The molecule has 1 fully saturated rings. The van der Waals surface area contributed by atoms with Crippen molar-refractivity contribution in [2.45, 2.75) is 64.3 Å². The third-order valence-corrected chi connectivity index (χ3v) is 4.72. The molecule has 1 amide bonds. The molecular formula is C21H26FNO10. The van der Waals surface area contributed by atoms with Gasteiger partial charge in [0, 0.05) is 39.8 Å². The normalized spacial score (nSPS) is 26.8. The zero-order chi connectivity index (χ0) is 24.9. The van der Waals surface area contributed by atoms with Crippen molar-refractivity contribution in [2.24, 2.45) is 0 Å². The van der Waals surface area contributed by atoms with Crippen LogP contribution in [0.1, 0.15) is 33.3 Å². The van der Waals surface area contributed by atoms with Crippen molar-refractivity contribution in [1.29, 1.82) is 0 Å². The predicted molar refractivity (Wildman–Crippen MR) is 108 cm³/mol. The summed E-state index contributed by atoms with van der Waals surface area (Å²) in [6.45, 7) is 3.87. The maximum atomic E-state index is 13.8. The summed E-state index contributed by atoms with van der Waals surface area (Å²) in [5.41, 5.74) is 0.202. The number of aliphatic hydroxyl groups excluding tert-OH is 2. The Morgan fingerprint density at radius 2 is 1.76 bits per heavy atom. The largest absolute Gasteiger partial charge is 0.463 e. The number of ether oxygens (including phenoxy) is 4. The number of carbonyl (C=O) groups is 4. The van der Waals surface area contributed by atoms with Crippen molar-refractivity contribution in [3.05, 3.63) is 29.6 Å². The molecule has 5 atom stereocenters. The Bertz CT molecular complexity index is 922. The number of rotatable bonds is 7. The van der Waals surface area contributed by atoms with Gasteiger partial charge in [-0.3, -0.25) is 19.2 Å². The van der Waals surface area contributed by atoms with E-state index in [1.54, 1.807) is 0 Å². The molecule has 182 valence electrons. The Balaban J connectivity index is 2.56. The second-order valence-electron chi connectivity index (χ2n) is 7.53. The first-order chi connectivity index (χ1) is 15.3. The molecule has 33 heavy (non-hydrogen) atoms. The van der Waals surface area contributed by atoms with Crippen LogP contribution in [0.4, 0.5) is 10.1 Å². The van der Waals surface area contributed by atoms with E-state index in [1.165, 1.54) is 13.0 Å². The van der Waals surface area contributed by atoms with E-state index < -0.39 is 72.9 Å². The summed E-state index contributed by atoms with van der Waals surface area (Å²) in [7, 11) is 0. The summed E-state index contributed by atoms with van der Waals surface area (Å²) in [4.78, 5) is 46.4. The number of halogens is 1. The molecular weight excluding hydrogens is 445 g/mol. The van der Waals surface area contributed by atoms with E-state index in [4.69, 9.17) is 18.9 Å². The van der Waals surface area contributed by atoms with E-state index >= 15 is 0 Å². The number of nitrogens with one attached hydrogen (secondary N) is 1. The van der Waals surface area contributed by atoms with E-state index in [2.05, 4.69) is 5.32 Å². The highest BCUT2D eigenvalue weighted by atomic mass is 19.1. The monoisotopic (exact) mass is 471 g/mol. The van der Waals surface area contributed by atoms with Crippen LogP contribution >= 0.6 is 0 Å². The minimum Gasteiger partial charge on any atom is -0.463 e. The Hall–Kier alpha value is -3.09. The minimum atomic E-state index is -2.26. The van der Waals surface area contributed by atoms with Gasteiger partial charge in [-0.1, -0.05) is 6.07 Å². The number of amides is 1. The molecule has 1 heterocycles. The van der Waals surface area contributed by atoms with Crippen molar-refractivity contribution in [3.63, 3.8) is 0 Å². The van der Waals surface area contributed by atoms with Crippen LogP contribution in [-0.4, -0.2) is 70.8 Å². The number of benzene rings is 1. The van der Waals surface area contributed by atoms with Crippen LogP contribution in [0.15, 0.2) is 18.2 Å². The molecule has 1 saturated heterocycles. The summed E-state index contributed by atoms with van der Waals surface area (Å²) in [6.07, 6.45) is -7.05. The van der Waals surface area contributed by atoms with Gasteiger partial charge < -0.3 is 34.5 Å². The number of carbonyl (C=O) groups excluding carboxylic acids is 4. The summed E-state index contributed by atoms with van der Waals surface area (Å²) >= 11 is 0. The average Bonchev–Trinajstić information content (AvgIpc) is 2.68. The number of esters is 3. The quantitative estimate of drug-likeness (QED) is 0.371. The molecule has 0 bridgehead atoms. The van der Waals surface area contributed by atoms with Gasteiger partial charge >= 0.3 is 17.9 Å². The average molecular weight is 471 g/mol. The Kier molecular flexibility index (Phi) is 8.47. The van der Waals surface area contributed by atoms with Crippen molar-refractivity contribution in [2.75, 3.05) is 11.9 Å². The first-order valence-corrected chi connectivity index (χ1v) is 9.94. The number of anilines is 1. The molecule has 2 rings (SSSR count). The fraction of sp³-hybridized carbons (Fsp3) is 0.524. The highest BCUT2D eigenvalue weighted by Crippen LogP contribution is 2.37. The first kappa shape index (κ1) is 26.2. The zero-order valence-electron chi connectivity index (χ0n) is 18.5. The van der Waals surface area contributed by atoms with Gasteiger partial charge in [0.2, 0.25) is 11.7 Å². The standard InChI is InChI=1S/C21H26FNO10/c1-10(24)23-16-7-15(22)6-5-14(16)8-21(32-13(4)27)20(29)19(31-12(3)26)18(28)17(33-21)9-30-11(2)25/h5-7,17-20,28-29H,8-9H2,1-4H3,(H,23,24)/t17-,18-,19+,20-,21?/m1/s1. The lowest BCUT2D eigenvalue weighted by Crippen LogP contribution is -2.68. The van der Waals surface area contributed by atoms with E-state index in [1.807, 2.05) is 0 Å². The van der Waals surface area contributed by atoms with Gasteiger partial charge in [-0.15, -0.1) is 0 Å². The van der Waals surface area contributed by atoms with E-state index in [-0.39, 0.29) is 11.3 Å². The molecule has 1 unspecified atom stereocenters. The van der Waals surface area contributed by atoms with Gasteiger partial charge in [-0.05, 0) is 17.7 Å². The van der Waals surface area contributed by atoms with Gasteiger partial charge in [0.05, 0.1) is 0 Å². The molecule has 0 aliphatic carbocycles. The number of hydrogen-bond acceptors (Lipinski definition) is 10. The smallest absolute Gasteiger partial charge is 0.305 e. The van der Waals surface area contributed by atoms with Crippen LogP contribution in [0.2, 0.25) is 0 Å². The van der Waals surface area contributed by atoms with E-state index in [0.29, 0.717) is 0 Å². The number of hydrogen-bond donors (Lipinski definition) is 3. The van der Waals surface area contributed by atoms with Crippen LogP contribution in [0.5, 0.6) is 0 Å². The van der Waals surface area contributed by atoms with E-state index in [9.17, 15) is 33.8 Å². The second kappa shape index (κ2) is 10.7. The summed E-state index contributed by atoms with van der Waals surface area (Å²) in [6, 6.07) is 3.36. The molecule has 3 N–H and O–H groups in total. The fourth-order valence-electron chi connectivity index (χ4n) is 3.49. The molecule has 0 saturated carbocycles. The maximum Gasteiger partial charge on any atom is 0.305 e. The molecule has 0 spiro atoms. The summed E-state index contributed by atoms with van der Waals surface area (Å²) in [5.74, 6) is -5.92. The van der Waals surface area contributed by atoms with Gasteiger partial charge in [-0.2, -0.15) is 0 Å². The molecule has 1 aromatic carbocycles. The van der Waals surface area contributed by atoms with Crippen LogP contribution in [0.3, 0.4) is 0 Å². The SMILES string of the molecule is CC(=O)Nc1cc(F)ccc1CC1(OC(C)=O)O[C@H](COC(C)=O)[C@@H](O)[C@H](OC(C)=O)[C@H]1O. The molecule has 1 aromatic rings. The van der Waals surface area contributed by atoms with Gasteiger partial charge in [0.1, 0.15) is 24.6 Å². The minimum absolute atomic E-state index is 0.0107. The summed E-state index contributed by atoms with van der Waals surface area (Å²) < 4.78 is 34.8. The highest BCUT2D eigenvalue weighted by Gasteiger charge is 2.58. The summed E-state index contributed by atoms with van der Waals surface area (Å²) in [5, 5.41) is 24.1. The Morgan fingerprint density at radius 1 is 1.09 bits per heavy atom. The fourth-order valence-corrected chi connectivity index (χ4v) is 3.49. The Morgan fingerprint density at radius 3 is 2.30 bits per heavy atom. The Labute approximate surface area is 188 Å². The van der Waals surface area contributed by atoms with Crippen LogP contribution in [-0.2, 0) is 44.5 Å². The zero-order valence-corrected chi connectivity index (χ0v) is 18.5. The molecule has 0 radical (unpaired) electrons. The highest BCUT2D eigenvalue weighted by molar-refractivity contribution is 5.89. The van der Waals surface area contributed by atoms with Crippen LogP contribution in [0, 0.1) is 5.82 Å². The van der Waals surface area contributed by atoms with Crippen molar-refractivity contribution in [3.8, 4) is 0 Å². The third-order valence-electron chi connectivity index (χ3n) is 4.72. The van der Waals surface area contributed by atoms with Crippen molar-refractivity contribution < 1.29 is 52.7 Å². The van der Waals surface area contributed by atoms with Crippen LogP contribution < -0.4 is 5.32 Å². The van der Waals surface area contributed by atoms with Crippen LogP contribution in [0.25, 0.3) is 0 Å². The van der Waals surface area contributed by atoms with Crippen molar-refractivity contribution >= 4 is 29.5 Å². The lowest BCUT2D eigenvalue weighted by Gasteiger charge is -2.48. The number of aliphatic hydroxyl groups is 2. The molecule has 0 aromatic heterocycles. The molecule has 1 aliphatic rings. The molecule has 11 nitrogen and oxygen atoms in total. The lowest BCUT2D eigenvalue weighted by molar-refractivity contribution is -0.351. The maximum absolute atomic E-state index is 13.8. The third kappa shape index (κ3) is 6.70. The lowest BCUT2D eigenvalue weighted by atomic mass is 9.87. The molecule has 12 heteroatoms. The van der Waals surface area contributed by atoms with E-state index in [0.717, 1.165) is 32.9 Å². The van der Waals surface area contributed by atoms with Gasteiger partial charge in [-0.25, -0.2) is 4.39 Å². The van der Waals surface area contributed by atoms with Gasteiger partial charge in [0.15, 0.2) is 12.2 Å². The first-order valence-electron chi connectivity index (χ1n) is 9.94. The van der Waals surface area contributed by atoms with Gasteiger partial charge in [0.25, 0.3) is 0 Å². The second-order valence-corrected chi connectivity index (χ2v) is 7.53. The topological polar surface area (TPSA) is 158 Å².